The lowest BCUT2D eigenvalue weighted by molar-refractivity contribution is -0.138. The van der Waals surface area contributed by atoms with E-state index in [1.54, 1.807) is 13.8 Å². The van der Waals surface area contributed by atoms with E-state index in [0.717, 1.165) is 13.0 Å². The number of hydrogen-bond acceptors (Lipinski definition) is 6. The van der Waals surface area contributed by atoms with Gasteiger partial charge < -0.3 is 25.8 Å². The number of hydrogen-bond donors (Lipinski definition) is 5. The number of hydroxylamine groups is 1. The Balaban J connectivity index is 4.74. The summed E-state index contributed by atoms with van der Waals surface area (Å²) >= 11 is 0. The lowest BCUT2D eigenvalue weighted by Gasteiger charge is -2.23. The first-order valence-corrected chi connectivity index (χ1v) is 8.03. The van der Waals surface area contributed by atoms with E-state index in [-0.39, 0.29) is 5.92 Å². The fourth-order valence-corrected chi connectivity index (χ4v) is 2.10. The highest BCUT2D eigenvalue weighted by Gasteiger charge is 2.27. The molecule has 0 aliphatic rings. The molecule has 5 N–H and O–H groups in total. The highest BCUT2D eigenvalue weighted by molar-refractivity contribution is 5.91. The van der Waals surface area contributed by atoms with Crippen molar-refractivity contribution in [3.05, 3.63) is 0 Å². The Morgan fingerprint density at radius 3 is 2.17 bits per heavy atom. The summed E-state index contributed by atoms with van der Waals surface area (Å²) in [6, 6.07) is -1.69. The fraction of sp³-hybridized carbons (Fsp3) is 0.800. The van der Waals surface area contributed by atoms with E-state index >= 15 is 0 Å². The molecule has 2 amide bonds. The van der Waals surface area contributed by atoms with E-state index in [1.165, 1.54) is 0 Å². The first kappa shape index (κ1) is 22.3. The number of nitrogens with zero attached hydrogens (tertiary/aromatic N) is 1. The Morgan fingerprint density at radius 1 is 1.08 bits per heavy atom. The number of carboxylic acid groups (broad SMARTS) is 1. The minimum atomic E-state index is -1.15. The molecular weight excluding hydrogens is 316 g/mol. The summed E-state index contributed by atoms with van der Waals surface area (Å²) in [6.45, 7) is 3.85. The molecule has 0 saturated heterocycles. The number of carboxylic acids is 1. The van der Waals surface area contributed by atoms with Gasteiger partial charge in [0.05, 0.1) is 0 Å². The zero-order valence-corrected chi connectivity index (χ0v) is 14.8. The normalized spacial score (nSPS) is 13.6. The molecule has 0 heterocycles. The second-order valence-electron chi connectivity index (χ2n) is 6.32. The van der Waals surface area contributed by atoms with Gasteiger partial charge >= 0.3 is 5.97 Å². The van der Waals surface area contributed by atoms with Gasteiger partial charge in [0.25, 0.3) is 0 Å². The molecule has 24 heavy (non-hydrogen) atoms. The van der Waals surface area contributed by atoms with E-state index in [0.29, 0.717) is 12.8 Å². The molecule has 0 unspecified atom stereocenters. The van der Waals surface area contributed by atoms with Gasteiger partial charge in [-0.1, -0.05) is 13.8 Å². The lowest BCUT2D eigenvalue weighted by atomic mass is 10.0. The predicted octanol–water partition coefficient (Wildman–Crippen LogP) is -0.593. The van der Waals surface area contributed by atoms with Crippen LogP contribution in [0.5, 0.6) is 0 Å². The minimum Gasteiger partial charge on any atom is -0.480 e. The molecule has 9 nitrogen and oxygen atoms in total. The molecule has 2 atom stereocenters. The highest BCUT2D eigenvalue weighted by atomic mass is 16.5. The van der Waals surface area contributed by atoms with E-state index in [1.807, 2.05) is 24.5 Å². The summed E-state index contributed by atoms with van der Waals surface area (Å²) in [5, 5.41) is 22.6. The van der Waals surface area contributed by atoms with Crippen LogP contribution in [0.4, 0.5) is 0 Å². The molecule has 140 valence electrons. The standard InChI is InChI=1S/C15H30N4O5/c1-10(2)13(18-24)15(23)17-11(7-5-6-8-19(3)4)14(22)16-9-12(20)21/h10-11,13,18,24H,5-9H2,1-4H3,(H,16,22)(H,17,23)(H,20,21)/t11-,13-/m0/s1. The molecule has 0 aromatic carbocycles. The third-order valence-corrected chi connectivity index (χ3v) is 3.48. The molecule has 9 heteroatoms. The molecule has 0 radical (unpaired) electrons. The van der Waals surface area contributed by atoms with Gasteiger partial charge in [-0.05, 0) is 45.8 Å². The van der Waals surface area contributed by atoms with Crippen LogP contribution >= 0.6 is 0 Å². The summed E-state index contributed by atoms with van der Waals surface area (Å²) in [5.41, 5.74) is 1.93. The minimum absolute atomic E-state index is 0.175. The second kappa shape index (κ2) is 11.8. The Kier molecular flexibility index (Phi) is 10.9. The maximum Gasteiger partial charge on any atom is 0.322 e. The third-order valence-electron chi connectivity index (χ3n) is 3.48. The molecule has 0 aromatic rings. The monoisotopic (exact) mass is 346 g/mol. The maximum absolute atomic E-state index is 12.2. The number of aliphatic carboxylic acids is 1. The predicted molar refractivity (Wildman–Crippen MR) is 88.5 cm³/mol. The average molecular weight is 346 g/mol. The SMILES string of the molecule is CC(C)[C@H](NO)C(=O)N[C@@H](CCCCN(C)C)C(=O)NCC(=O)O. The largest absolute Gasteiger partial charge is 0.480 e. The van der Waals surface area contributed by atoms with Crippen LogP contribution in [0.3, 0.4) is 0 Å². The maximum atomic E-state index is 12.2. The van der Waals surface area contributed by atoms with Crippen LogP contribution in [-0.4, -0.2) is 72.3 Å². The number of carbonyl (C=O) groups excluding carboxylic acids is 2. The highest BCUT2D eigenvalue weighted by Crippen LogP contribution is 2.06. The topological polar surface area (TPSA) is 131 Å². The Labute approximate surface area is 142 Å². The van der Waals surface area contributed by atoms with Gasteiger partial charge in [-0.25, -0.2) is 0 Å². The van der Waals surface area contributed by atoms with Crippen molar-refractivity contribution in [2.75, 3.05) is 27.2 Å². The Hall–Kier alpha value is -1.71. The van der Waals surface area contributed by atoms with E-state index in [4.69, 9.17) is 10.3 Å². The number of nitrogens with one attached hydrogen (secondary N) is 3. The van der Waals surface area contributed by atoms with Gasteiger partial charge in [-0.15, -0.1) is 0 Å². The van der Waals surface area contributed by atoms with Gasteiger partial charge in [0.2, 0.25) is 11.8 Å². The van der Waals surface area contributed by atoms with Crippen molar-refractivity contribution in [1.82, 2.24) is 21.0 Å². The van der Waals surface area contributed by atoms with Crippen LogP contribution in [0.2, 0.25) is 0 Å². The third kappa shape index (κ3) is 9.43. The molecule has 0 spiro atoms. The van der Waals surface area contributed by atoms with Crippen molar-refractivity contribution < 1.29 is 24.7 Å². The van der Waals surface area contributed by atoms with Gasteiger partial charge in [-0.2, -0.15) is 5.48 Å². The number of unbranched alkanes of at least 4 members (excludes halogenated alkanes) is 1. The molecular formula is C15H30N4O5. The van der Waals surface area contributed by atoms with Gasteiger partial charge in [0, 0.05) is 0 Å². The Morgan fingerprint density at radius 2 is 1.71 bits per heavy atom. The van der Waals surface area contributed by atoms with Gasteiger partial charge in [0.15, 0.2) is 0 Å². The molecule has 0 aliphatic heterocycles. The summed E-state index contributed by atoms with van der Waals surface area (Å²) < 4.78 is 0. The molecule has 0 saturated carbocycles. The van der Waals surface area contributed by atoms with E-state index in [9.17, 15) is 14.4 Å². The van der Waals surface area contributed by atoms with Crippen molar-refractivity contribution in [2.45, 2.75) is 45.2 Å². The quantitative estimate of drug-likeness (QED) is 0.236. The van der Waals surface area contributed by atoms with Gasteiger partial charge in [-0.3, -0.25) is 14.4 Å². The summed E-state index contributed by atoms with van der Waals surface area (Å²) in [5.74, 6) is -2.38. The zero-order valence-electron chi connectivity index (χ0n) is 14.8. The first-order valence-electron chi connectivity index (χ1n) is 8.03. The molecule has 0 bridgehead atoms. The van der Waals surface area contributed by atoms with Crippen LogP contribution in [0, 0.1) is 5.92 Å². The van der Waals surface area contributed by atoms with Crippen LogP contribution in [-0.2, 0) is 14.4 Å². The van der Waals surface area contributed by atoms with Crippen LogP contribution in [0.1, 0.15) is 33.1 Å². The smallest absolute Gasteiger partial charge is 0.322 e. The second-order valence-corrected chi connectivity index (χ2v) is 6.32. The molecule has 0 rings (SSSR count). The van der Waals surface area contributed by atoms with Crippen LogP contribution < -0.4 is 16.1 Å². The lowest BCUT2D eigenvalue weighted by Crippen LogP contribution is -2.54. The average Bonchev–Trinajstić information content (AvgIpc) is 2.47. The zero-order chi connectivity index (χ0) is 18.7. The number of rotatable bonds is 12. The number of carbonyl (C=O) groups is 3. The molecule has 0 aromatic heterocycles. The van der Waals surface area contributed by atoms with Gasteiger partial charge in [0.1, 0.15) is 18.6 Å². The van der Waals surface area contributed by atoms with Crippen molar-refractivity contribution >= 4 is 17.8 Å². The van der Waals surface area contributed by atoms with Crippen LogP contribution in [0.15, 0.2) is 0 Å². The van der Waals surface area contributed by atoms with E-state index in [2.05, 4.69) is 10.6 Å². The van der Waals surface area contributed by atoms with Crippen molar-refractivity contribution in [2.24, 2.45) is 5.92 Å². The summed E-state index contributed by atoms with van der Waals surface area (Å²) in [4.78, 5) is 36.9. The van der Waals surface area contributed by atoms with Crippen LogP contribution in [0.25, 0.3) is 0 Å². The van der Waals surface area contributed by atoms with E-state index < -0.39 is 36.4 Å². The summed E-state index contributed by atoms with van der Waals surface area (Å²) in [7, 11) is 3.89. The molecule has 0 aliphatic carbocycles. The molecule has 0 fully saturated rings. The van der Waals surface area contributed by atoms with Crippen molar-refractivity contribution in [3.8, 4) is 0 Å². The first-order chi connectivity index (χ1) is 11.2. The van der Waals surface area contributed by atoms with Crippen molar-refractivity contribution in [3.63, 3.8) is 0 Å². The fourth-order valence-electron chi connectivity index (χ4n) is 2.10. The number of amides is 2. The van der Waals surface area contributed by atoms with Crippen molar-refractivity contribution in [1.29, 1.82) is 0 Å². The Bertz CT molecular complexity index is 415. The summed E-state index contributed by atoms with van der Waals surface area (Å²) in [6.07, 6.45) is 1.93.